The lowest BCUT2D eigenvalue weighted by Crippen LogP contribution is -2.43. The third-order valence-electron chi connectivity index (χ3n) is 3.79. The number of nitrogen functional groups attached to an aromatic ring is 1. The molecule has 4 N–H and O–H groups in total. The van der Waals surface area contributed by atoms with E-state index in [0.29, 0.717) is 11.4 Å². The second-order valence-corrected chi connectivity index (χ2v) is 5.39. The van der Waals surface area contributed by atoms with Crippen molar-refractivity contribution < 1.29 is 9.90 Å². The number of anilines is 1. The van der Waals surface area contributed by atoms with Crippen LogP contribution in [0.15, 0.2) is 6.20 Å². The summed E-state index contributed by atoms with van der Waals surface area (Å²) in [6.07, 6.45) is 7.29. The van der Waals surface area contributed by atoms with Gasteiger partial charge in [0.2, 0.25) is 0 Å². The number of hydrogen-bond donors (Lipinski definition) is 3. The van der Waals surface area contributed by atoms with Gasteiger partial charge in [-0.3, -0.25) is 9.48 Å². The van der Waals surface area contributed by atoms with Gasteiger partial charge in [0.1, 0.15) is 5.69 Å². The summed E-state index contributed by atoms with van der Waals surface area (Å²) in [4.78, 5) is 12.1. The van der Waals surface area contributed by atoms with Crippen molar-refractivity contribution in [3.63, 3.8) is 0 Å². The van der Waals surface area contributed by atoms with Crippen LogP contribution in [-0.4, -0.2) is 32.9 Å². The summed E-state index contributed by atoms with van der Waals surface area (Å²) in [5.74, 6) is -0.282. The van der Waals surface area contributed by atoms with Crippen LogP contribution >= 0.6 is 0 Å². The molecule has 6 nitrogen and oxygen atoms in total. The Hall–Kier alpha value is -1.56. The van der Waals surface area contributed by atoms with Crippen LogP contribution in [0.2, 0.25) is 0 Å². The molecule has 0 saturated heterocycles. The Morgan fingerprint density at radius 1 is 1.47 bits per heavy atom. The number of nitrogens with one attached hydrogen (secondary N) is 1. The molecule has 0 radical (unpaired) electrons. The van der Waals surface area contributed by atoms with E-state index in [9.17, 15) is 9.90 Å². The van der Waals surface area contributed by atoms with Gasteiger partial charge in [-0.25, -0.2) is 0 Å². The fraction of sp³-hybridized carbons (Fsp3) is 0.692. The van der Waals surface area contributed by atoms with Gasteiger partial charge in [0.05, 0.1) is 17.5 Å². The van der Waals surface area contributed by atoms with E-state index in [1.807, 2.05) is 0 Å². The van der Waals surface area contributed by atoms with Crippen molar-refractivity contribution in [2.75, 3.05) is 12.3 Å². The van der Waals surface area contributed by atoms with Crippen molar-refractivity contribution in [3.05, 3.63) is 11.9 Å². The first-order valence-corrected chi connectivity index (χ1v) is 6.80. The molecule has 1 heterocycles. The lowest BCUT2D eigenvalue weighted by atomic mass is 9.94. The molecule has 1 aromatic rings. The number of aliphatic hydroxyl groups is 1. The van der Waals surface area contributed by atoms with E-state index in [2.05, 4.69) is 10.4 Å². The van der Waals surface area contributed by atoms with Crippen molar-refractivity contribution in [1.82, 2.24) is 15.1 Å². The molecule has 1 aliphatic rings. The van der Waals surface area contributed by atoms with Crippen LogP contribution in [0, 0.1) is 0 Å². The Morgan fingerprint density at radius 2 is 2.11 bits per heavy atom. The quantitative estimate of drug-likeness (QED) is 0.706. The predicted molar refractivity (Wildman–Crippen MR) is 72.6 cm³/mol. The molecule has 1 fully saturated rings. The minimum absolute atomic E-state index is 0.274. The molecule has 6 heteroatoms. The van der Waals surface area contributed by atoms with Crippen molar-refractivity contribution in [2.45, 2.75) is 44.1 Å². The molecule has 106 valence electrons. The van der Waals surface area contributed by atoms with Gasteiger partial charge in [-0.05, 0) is 12.8 Å². The first-order valence-electron chi connectivity index (χ1n) is 6.80. The molecular weight excluding hydrogens is 244 g/mol. The maximum absolute atomic E-state index is 12.1. The molecule has 1 saturated carbocycles. The lowest BCUT2D eigenvalue weighted by molar-refractivity contribution is 0.0245. The number of carbonyl (C=O) groups excluding carboxylic acids is 1. The van der Waals surface area contributed by atoms with E-state index >= 15 is 0 Å². The number of hydrogen-bond acceptors (Lipinski definition) is 4. The molecule has 0 aromatic carbocycles. The van der Waals surface area contributed by atoms with Gasteiger partial charge < -0.3 is 16.2 Å². The summed E-state index contributed by atoms with van der Waals surface area (Å²) in [5, 5.41) is 17.2. The predicted octanol–water partition coefficient (Wildman–Crippen LogP) is 0.817. The topological polar surface area (TPSA) is 93.2 Å². The van der Waals surface area contributed by atoms with Gasteiger partial charge in [-0.15, -0.1) is 0 Å². The molecule has 1 aliphatic carbocycles. The second-order valence-electron chi connectivity index (χ2n) is 5.39. The highest BCUT2D eigenvalue weighted by Crippen LogP contribution is 2.26. The third kappa shape index (κ3) is 3.26. The van der Waals surface area contributed by atoms with E-state index in [-0.39, 0.29) is 12.5 Å². The highest BCUT2D eigenvalue weighted by atomic mass is 16.3. The number of aryl methyl sites for hydroxylation is 1. The molecule has 0 spiro atoms. The fourth-order valence-electron chi connectivity index (χ4n) is 2.62. The molecule has 0 unspecified atom stereocenters. The highest BCUT2D eigenvalue weighted by molar-refractivity contribution is 5.97. The van der Waals surface area contributed by atoms with Gasteiger partial charge in [0.25, 0.3) is 5.91 Å². The normalized spacial score (nSPS) is 18.8. The zero-order valence-corrected chi connectivity index (χ0v) is 11.4. The van der Waals surface area contributed by atoms with Gasteiger partial charge >= 0.3 is 0 Å². The SMILES string of the molecule is Cn1ncc(N)c1C(=O)NCC1(O)CCCCCC1. The average molecular weight is 266 g/mol. The van der Waals surface area contributed by atoms with Gasteiger partial charge in [0.15, 0.2) is 0 Å². The van der Waals surface area contributed by atoms with Gasteiger partial charge in [-0.1, -0.05) is 25.7 Å². The van der Waals surface area contributed by atoms with Crippen LogP contribution in [0.5, 0.6) is 0 Å². The summed E-state index contributed by atoms with van der Waals surface area (Å²) < 4.78 is 1.45. The summed E-state index contributed by atoms with van der Waals surface area (Å²) >= 11 is 0. The molecule has 0 bridgehead atoms. The Balaban J connectivity index is 1.96. The molecular formula is C13H22N4O2. The van der Waals surface area contributed by atoms with Crippen molar-refractivity contribution in [3.8, 4) is 0 Å². The molecule has 19 heavy (non-hydrogen) atoms. The minimum Gasteiger partial charge on any atom is -0.396 e. The number of amides is 1. The van der Waals surface area contributed by atoms with Crippen LogP contribution in [0.1, 0.15) is 49.0 Å². The second kappa shape index (κ2) is 5.61. The van der Waals surface area contributed by atoms with Gasteiger partial charge in [-0.2, -0.15) is 5.10 Å². The first kappa shape index (κ1) is 13.9. The molecule has 0 aliphatic heterocycles. The summed E-state index contributed by atoms with van der Waals surface area (Å²) in [6.45, 7) is 0.274. The largest absolute Gasteiger partial charge is 0.396 e. The summed E-state index contributed by atoms with van der Waals surface area (Å²) in [6, 6.07) is 0. The zero-order chi connectivity index (χ0) is 13.9. The summed E-state index contributed by atoms with van der Waals surface area (Å²) in [7, 11) is 1.67. The van der Waals surface area contributed by atoms with Crippen LogP contribution in [0.3, 0.4) is 0 Å². The van der Waals surface area contributed by atoms with E-state index in [1.165, 1.54) is 10.9 Å². The Bertz CT molecular complexity index is 428. The van der Waals surface area contributed by atoms with Crippen LogP contribution in [0.25, 0.3) is 0 Å². The maximum atomic E-state index is 12.1. The van der Waals surface area contributed by atoms with E-state index in [1.54, 1.807) is 7.05 Å². The molecule has 1 amide bonds. The van der Waals surface area contributed by atoms with Gasteiger partial charge in [0, 0.05) is 13.6 Å². The monoisotopic (exact) mass is 266 g/mol. The average Bonchev–Trinajstić information content (AvgIpc) is 2.59. The number of nitrogens with zero attached hydrogens (tertiary/aromatic N) is 2. The van der Waals surface area contributed by atoms with E-state index < -0.39 is 5.60 Å². The standard InChI is InChI=1S/C13H22N4O2/c1-17-11(10(14)8-16-17)12(18)15-9-13(19)6-4-2-3-5-7-13/h8,19H,2-7,9,14H2,1H3,(H,15,18). The molecule has 1 aromatic heterocycles. The van der Waals surface area contributed by atoms with Crippen molar-refractivity contribution >= 4 is 11.6 Å². The maximum Gasteiger partial charge on any atom is 0.271 e. The highest BCUT2D eigenvalue weighted by Gasteiger charge is 2.29. The van der Waals surface area contributed by atoms with Crippen LogP contribution in [0.4, 0.5) is 5.69 Å². The number of rotatable bonds is 3. The minimum atomic E-state index is -0.778. The number of carbonyl (C=O) groups is 1. The van der Waals surface area contributed by atoms with Crippen LogP contribution < -0.4 is 11.1 Å². The van der Waals surface area contributed by atoms with E-state index in [4.69, 9.17) is 5.73 Å². The third-order valence-corrected chi connectivity index (χ3v) is 3.79. The van der Waals surface area contributed by atoms with Crippen LogP contribution in [-0.2, 0) is 7.05 Å². The Morgan fingerprint density at radius 3 is 2.63 bits per heavy atom. The lowest BCUT2D eigenvalue weighted by Gasteiger charge is -2.26. The van der Waals surface area contributed by atoms with Crippen molar-refractivity contribution in [2.24, 2.45) is 7.05 Å². The first-order chi connectivity index (χ1) is 9.02. The van der Waals surface area contributed by atoms with Crippen molar-refractivity contribution in [1.29, 1.82) is 0 Å². The molecule has 0 atom stereocenters. The number of aromatic nitrogens is 2. The van der Waals surface area contributed by atoms with E-state index in [0.717, 1.165) is 38.5 Å². The number of nitrogens with two attached hydrogens (primary N) is 1. The Kier molecular flexibility index (Phi) is 4.09. The Labute approximate surface area is 113 Å². The zero-order valence-electron chi connectivity index (χ0n) is 11.4. The molecule has 2 rings (SSSR count). The summed E-state index contributed by atoms with van der Waals surface area (Å²) in [5.41, 5.74) is 5.62. The fourth-order valence-corrected chi connectivity index (χ4v) is 2.62. The smallest absolute Gasteiger partial charge is 0.271 e.